The zero-order chi connectivity index (χ0) is 19.2. The molecule has 0 heterocycles. The number of aromatic carboxylic acids is 1. The Hall–Kier alpha value is -2.23. The van der Waals surface area contributed by atoms with Crippen molar-refractivity contribution in [2.45, 2.75) is 52.9 Å². The van der Waals surface area contributed by atoms with Crippen LogP contribution in [0, 0.1) is 17.3 Å². The van der Waals surface area contributed by atoms with Gasteiger partial charge in [0.15, 0.2) is 11.5 Å². The summed E-state index contributed by atoms with van der Waals surface area (Å²) in [5, 5.41) is 29.6. The van der Waals surface area contributed by atoms with Gasteiger partial charge >= 0.3 is 5.97 Å². The number of aromatic hydroxyl groups is 2. The second kappa shape index (κ2) is 6.49. The van der Waals surface area contributed by atoms with Gasteiger partial charge in [0.25, 0.3) is 0 Å². The van der Waals surface area contributed by atoms with Gasteiger partial charge in [0.2, 0.25) is 0 Å². The van der Waals surface area contributed by atoms with E-state index in [0.717, 1.165) is 31.7 Å². The highest BCUT2D eigenvalue weighted by Crippen LogP contribution is 2.55. The second-order valence-corrected chi connectivity index (χ2v) is 8.29. The van der Waals surface area contributed by atoms with Crippen molar-refractivity contribution in [1.82, 2.24) is 0 Å². The molecule has 1 aromatic carbocycles. The van der Waals surface area contributed by atoms with Crippen LogP contribution in [0.15, 0.2) is 35.4 Å². The standard InChI is InChI=1S/C22H28O4/c1-12-6-5-7-17-19(12)13(2)8-14(3)22(17,4)11-16-9-15(21(25)26)10-18(23)20(16)24/h9-10,13-14,23-24H,1,5-8,11H2,2-4H3,(H,25,26)/t13-,14-,22+/m1/s1. The lowest BCUT2D eigenvalue weighted by atomic mass is 9.56. The summed E-state index contributed by atoms with van der Waals surface area (Å²) in [7, 11) is 0. The Morgan fingerprint density at radius 2 is 1.96 bits per heavy atom. The zero-order valence-electron chi connectivity index (χ0n) is 15.8. The molecule has 0 aliphatic heterocycles. The van der Waals surface area contributed by atoms with Crippen LogP contribution in [0.3, 0.4) is 0 Å². The average molecular weight is 356 g/mol. The minimum atomic E-state index is -1.11. The van der Waals surface area contributed by atoms with Crippen molar-refractivity contribution >= 4 is 5.97 Å². The highest BCUT2D eigenvalue weighted by atomic mass is 16.4. The van der Waals surface area contributed by atoms with Crippen molar-refractivity contribution in [3.8, 4) is 11.5 Å². The molecule has 140 valence electrons. The van der Waals surface area contributed by atoms with Crippen LogP contribution in [0.25, 0.3) is 0 Å². The number of rotatable bonds is 3. The number of phenolic OH excluding ortho intramolecular Hbond substituents is 2. The van der Waals surface area contributed by atoms with Crippen molar-refractivity contribution in [1.29, 1.82) is 0 Å². The van der Waals surface area contributed by atoms with E-state index < -0.39 is 5.97 Å². The first-order valence-corrected chi connectivity index (χ1v) is 9.35. The van der Waals surface area contributed by atoms with Crippen LogP contribution in [0.4, 0.5) is 0 Å². The summed E-state index contributed by atoms with van der Waals surface area (Å²) in [6, 6.07) is 2.59. The first kappa shape index (κ1) is 18.6. The van der Waals surface area contributed by atoms with E-state index in [1.165, 1.54) is 22.8 Å². The summed E-state index contributed by atoms with van der Waals surface area (Å²) in [4.78, 5) is 11.4. The topological polar surface area (TPSA) is 77.8 Å². The fraction of sp³-hybridized carbons (Fsp3) is 0.500. The molecule has 1 aromatic rings. The molecule has 0 amide bonds. The first-order valence-electron chi connectivity index (χ1n) is 9.35. The molecule has 0 fully saturated rings. The van der Waals surface area contributed by atoms with Gasteiger partial charge in [-0.1, -0.05) is 38.5 Å². The Bertz CT molecular complexity index is 805. The summed E-state index contributed by atoms with van der Waals surface area (Å²) < 4.78 is 0. The number of hydrogen-bond acceptors (Lipinski definition) is 3. The van der Waals surface area contributed by atoms with Crippen molar-refractivity contribution in [2.24, 2.45) is 17.3 Å². The molecule has 0 spiro atoms. The van der Waals surface area contributed by atoms with E-state index in [0.29, 0.717) is 23.8 Å². The molecule has 3 atom stereocenters. The molecule has 3 N–H and O–H groups in total. The minimum Gasteiger partial charge on any atom is -0.504 e. The van der Waals surface area contributed by atoms with Crippen LogP contribution in [-0.4, -0.2) is 21.3 Å². The van der Waals surface area contributed by atoms with Gasteiger partial charge in [-0.2, -0.15) is 0 Å². The fourth-order valence-electron chi connectivity index (χ4n) is 5.02. The van der Waals surface area contributed by atoms with E-state index in [-0.39, 0.29) is 22.5 Å². The highest BCUT2D eigenvalue weighted by molar-refractivity contribution is 5.89. The number of carbonyl (C=O) groups is 1. The number of allylic oxidation sites excluding steroid dienone is 3. The van der Waals surface area contributed by atoms with Crippen LogP contribution in [-0.2, 0) is 6.42 Å². The van der Waals surface area contributed by atoms with Gasteiger partial charge in [-0.15, -0.1) is 0 Å². The number of carboxylic acids is 1. The zero-order valence-corrected chi connectivity index (χ0v) is 15.8. The maximum absolute atomic E-state index is 11.4. The maximum Gasteiger partial charge on any atom is 0.335 e. The van der Waals surface area contributed by atoms with Crippen LogP contribution in [0.1, 0.15) is 62.4 Å². The molecule has 4 heteroatoms. The molecule has 2 aliphatic carbocycles. The quantitative estimate of drug-likeness (QED) is 0.662. The third-order valence-electron chi connectivity index (χ3n) is 6.56. The van der Waals surface area contributed by atoms with Crippen LogP contribution in [0.2, 0.25) is 0 Å². The smallest absolute Gasteiger partial charge is 0.335 e. The third kappa shape index (κ3) is 2.91. The normalized spacial score (nSPS) is 28.8. The Labute approximate surface area is 154 Å². The van der Waals surface area contributed by atoms with E-state index >= 15 is 0 Å². The molecule has 26 heavy (non-hydrogen) atoms. The van der Waals surface area contributed by atoms with Crippen molar-refractivity contribution in [3.05, 3.63) is 46.6 Å². The molecule has 0 bridgehead atoms. The Balaban J connectivity index is 2.11. The predicted octanol–water partition coefficient (Wildman–Crippen LogP) is 5.06. The third-order valence-corrected chi connectivity index (χ3v) is 6.56. The van der Waals surface area contributed by atoms with E-state index in [4.69, 9.17) is 0 Å². The minimum absolute atomic E-state index is 0.00186. The van der Waals surface area contributed by atoms with Crippen molar-refractivity contribution in [2.75, 3.05) is 0 Å². The molecule has 4 nitrogen and oxygen atoms in total. The van der Waals surface area contributed by atoms with E-state index in [2.05, 4.69) is 27.4 Å². The van der Waals surface area contributed by atoms with Gasteiger partial charge < -0.3 is 15.3 Å². The molecule has 0 saturated carbocycles. The van der Waals surface area contributed by atoms with Gasteiger partial charge in [0.05, 0.1) is 5.56 Å². The average Bonchev–Trinajstić information content (AvgIpc) is 2.56. The van der Waals surface area contributed by atoms with E-state index in [1.807, 2.05) is 0 Å². The second-order valence-electron chi connectivity index (χ2n) is 8.29. The lowest BCUT2D eigenvalue weighted by molar-refractivity contribution is 0.0696. The highest BCUT2D eigenvalue weighted by Gasteiger charge is 2.43. The van der Waals surface area contributed by atoms with Gasteiger partial charge in [-0.25, -0.2) is 4.79 Å². The SMILES string of the molecule is C=C1CCCC2=C1[C@H](C)C[C@@H](C)[C@]2(C)Cc1cc(C(=O)O)cc(O)c1O. The Morgan fingerprint density at radius 1 is 1.27 bits per heavy atom. The Morgan fingerprint density at radius 3 is 2.62 bits per heavy atom. The first-order chi connectivity index (χ1) is 12.1. The fourth-order valence-corrected chi connectivity index (χ4v) is 5.02. The van der Waals surface area contributed by atoms with Crippen LogP contribution < -0.4 is 0 Å². The predicted molar refractivity (Wildman–Crippen MR) is 102 cm³/mol. The van der Waals surface area contributed by atoms with Gasteiger partial charge in [0, 0.05) is 0 Å². The number of carboxylic acid groups (broad SMARTS) is 1. The number of benzene rings is 1. The van der Waals surface area contributed by atoms with E-state index in [1.54, 1.807) is 0 Å². The van der Waals surface area contributed by atoms with E-state index in [9.17, 15) is 20.1 Å². The molecular formula is C22H28O4. The van der Waals surface area contributed by atoms with Crippen LogP contribution >= 0.6 is 0 Å². The molecule has 2 aliphatic rings. The molecule has 0 saturated heterocycles. The summed E-state index contributed by atoms with van der Waals surface area (Å²) in [6.07, 6.45) is 4.69. The van der Waals surface area contributed by atoms with Gasteiger partial charge in [-0.3, -0.25) is 0 Å². The van der Waals surface area contributed by atoms with Gasteiger partial charge in [0.1, 0.15) is 0 Å². The maximum atomic E-state index is 11.4. The number of phenols is 2. The number of hydrogen-bond donors (Lipinski definition) is 3. The molecule has 3 rings (SSSR count). The van der Waals surface area contributed by atoms with Crippen molar-refractivity contribution in [3.63, 3.8) is 0 Å². The molecule has 0 unspecified atom stereocenters. The lowest BCUT2D eigenvalue weighted by Gasteiger charge is -2.48. The molecular weight excluding hydrogens is 328 g/mol. The monoisotopic (exact) mass is 356 g/mol. The van der Waals surface area contributed by atoms with Crippen LogP contribution in [0.5, 0.6) is 11.5 Å². The Kier molecular flexibility index (Phi) is 4.63. The van der Waals surface area contributed by atoms with Gasteiger partial charge in [-0.05, 0) is 72.6 Å². The molecule has 0 radical (unpaired) electrons. The summed E-state index contributed by atoms with van der Waals surface area (Å²) >= 11 is 0. The molecule has 0 aromatic heterocycles. The summed E-state index contributed by atoms with van der Waals surface area (Å²) in [5.74, 6) is -0.824. The summed E-state index contributed by atoms with van der Waals surface area (Å²) in [5.41, 5.74) is 4.32. The lowest BCUT2D eigenvalue weighted by Crippen LogP contribution is -2.38. The largest absolute Gasteiger partial charge is 0.504 e. The van der Waals surface area contributed by atoms with Crippen molar-refractivity contribution < 1.29 is 20.1 Å². The summed E-state index contributed by atoms with van der Waals surface area (Å²) in [6.45, 7) is 11.0.